The lowest BCUT2D eigenvalue weighted by atomic mass is 10.2. The van der Waals surface area contributed by atoms with E-state index in [0.29, 0.717) is 5.56 Å². The Kier molecular flexibility index (Phi) is 5.58. The molecule has 1 amide bonds. The van der Waals surface area contributed by atoms with Crippen LogP contribution in [0.3, 0.4) is 0 Å². The normalized spacial score (nSPS) is 11.5. The fraction of sp³-hybridized carbons (Fsp3) is 0.200. The van der Waals surface area contributed by atoms with Gasteiger partial charge >= 0.3 is 0 Å². The zero-order valence-electron chi connectivity index (χ0n) is 12.7. The van der Waals surface area contributed by atoms with Crippen molar-refractivity contribution >= 4 is 21.6 Å². The minimum absolute atomic E-state index is 0.00739. The van der Waals surface area contributed by atoms with E-state index in [1.807, 2.05) is 0 Å². The van der Waals surface area contributed by atoms with E-state index in [2.05, 4.69) is 10.3 Å². The van der Waals surface area contributed by atoms with Crippen LogP contribution in [0.5, 0.6) is 0 Å². The number of nitrogens with zero attached hydrogens (tertiary/aromatic N) is 2. The molecule has 0 saturated heterocycles. The van der Waals surface area contributed by atoms with Crippen molar-refractivity contribution in [1.29, 1.82) is 0 Å². The molecule has 128 valence electrons. The van der Waals surface area contributed by atoms with Gasteiger partial charge in [0, 0.05) is 30.7 Å². The number of carbonyl (C=O) groups excluding carboxylic acids is 1. The van der Waals surface area contributed by atoms with Crippen molar-refractivity contribution in [2.24, 2.45) is 0 Å². The third-order valence-corrected chi connectivity index (χ3v) is 4.30. The minimum Gasteiger partial charge on any atom is -0.325 e. The largest absolute Gasteiger partial charge is 0.325 e. The Morgan fingerprint density at radius 1 is 1.17 bits per heavy atom. The van der Waals surface area contributed by atoms with Gasteiger partial charge in [-0.1, -0.05) is 0 Å². The number of rotatable bonds is 6. The molecule has 0 aliphatic rings. The number of sulfonamides is 1. The van der Waals surface area contributed by atoms with Crippen molar-refractivity contribution < 1.29 is 22.0 Å². The lowest BCUT2D eigenvalue weighted by Gasteiger charge is -2.19. The number of carbonyl (C=O) groups is 1. The molecule has 0 aliphatic carbocycles. The predicted molar refractivity (Wildman–Crippen MR) is 84.5 cm³/mol. The van der Waals surface area contributed by atoms with Crippen LogP contribution < -0.4 is 5.32 Å². The Morgan fingerprint density at radius 2 is 1.83 bits per heavy atom. The van der Waals surface area contributed by atoms with E-state index in [9.17, 15) is 22.0 Å². The number of hydrogen-bond acceptors (Lipinski definition) is 4. The zero-order valence-corrected chi connectivity index (χ0v) is 13.6. The summed E-state index contributed by atoms with van der Waals surface area (Å²) in [6, 6.07) is 6.14. The van der Waals surface area contributed by atoms with Gasteiger partial charge in [-0.3, -0.25) is 9.78 Å². The number of halogens is 2. The number of pyridine rings is 1. The summed E-state index contributed by atoms with van der Waals surface area (Å²) in [5.74, 6) is -2.81. The first kappa shape index (κ1) is 18.0. The summed E-state index contributed by atoms with van der Waals surface area (Å²) in [5.41, 5.74) is 0.701. The molecule has 0 unspecified atom stereocenters. The second kappa shape index (κ2) is 7.45. The summed E-state index contributed by atoms with van der Waals surface area (Å²) in [4.78, 5) is 15.8. The Balaban J connectivity index is 2.08. The van der Waals surface area contributed by atoms with E-state index in [-0.39, 0.29) is 12.2 Å². The van der Waals surface area contributed by atoms with Crippen LogP contribution in [-0.4, -0.2) is 36.4 Å². The monoisotopic (exact) mass is 355 g/mol. The van der Waals surface area contributed by atoms with Crippen LogP contribution in [0.1, 0.15) is 5.56 Å². The predicted octanol–water partition coefficient (Wildman–Crippen LogP) is 1.76. The third-order valence-electron chi connectivity index (χ3n) is 3.10. The summed E-state index contributed by atoms with van der Waals surface area (Å²) in [6.07, 6.45) is 4.01. The van der Waals surface area contributed by atoms with Gasteiger partial charge in [0.25, 0.3) is 0 Å². The smallest absolute Gasteiger partial charge is 0.239 e. The molecule has 2 rings (SSSR count). The lowest BCUT2D eigenvalue weighted by molar-refractivity contribution is -0.116. The molecule has 1 N–H and O–H groups in total. The summed E-state index contributed by atoms with van der Waals surface area (Å²) >= 11 is 0. The molecule has 6 nitrogen and oxygen atoms in total. The average molecular weight is 355 g/mol. The fourth-order valence-corrected chi connectivity index (χ4v) is 2.65. The molecule has 0 bridgehead atoms. The summed E-state index contributed by atoms with van der Waals surface area (Å²) < 4.78 is 50.7. The molecule has 0 atom stereocenters. The van der Waals surface area contributed by atoms with Crippen molar-refractivity contribution in [2.75, 3.05) is 18.1 Å². The molecule has 0 aliphatic heterocycles. The Hall–Kier alpha value is -2.39. The lowest BCUT2D eigenvalue weighted by Crippen LogP contribution is -2.36. The van der Waals surface area contributed by atoms with E-state index in [1.54, 1.807) is 12.1 Å². The molecule has 24 heavy (non-hydrogen) atoms. The average Bonchev–Trinajstić information content (AvgIpc) is 2.50. The van der Waals surface area contributed by atoms with Gasteiger partial charge in [0.05, 0.1) is 12.8 Å². The van der Waals surface area contributed by atoms with Crippen LogP contribution >= 0.6 is 0 Å². The van der Waals surface area contributed by atoms with Crippen LogP contribution in [0.4, 0.5) is 14.5 Å². The molecule has 0 fully saturated rings. The van der Waals surface area contributed by atoms with Crippen molar-refractivity contribution in [3.05, 3.63) is 59.9 Å². The number of benzene rings is 1. The van der Waals surface area contributed by atoms with Gasteiger partial charge in [-0.05, 0) is 29.8 Å². The second-order valence-electron chi connectivity index (χ2n) is 5.06. The van der Waals surface area contributed by atoms with E-state index >= 15 is 0 Å². The highest BCUT2D eigenvalue weighted by Gasteiger charge is 2.20. The maximum absolute atomic E-state index is 13.1. The van der Waals surface area contributed by atoms with E-state index < -0.39 is 34.1 Å². The summed E-state index contributed by atoms with van der Waals surface area (Å²) in [5, 5.41) is 2.33. The molecule has 9 heteroatoms. The van der Waals surface area contributed by atoms with Crippen molar-refractivity contribution in [2.45, 2.75) is 6.54 Å². The first-order valence-electron chi connectivity index (χ1n) is 6.84. The van der Waals surface area contributed by atoms with Crippen molar-refractivity contribution in [3.63, 3.8) is 0 Å². The topological polar surface area (TPSA) is 79.4 Å². The first-order chi connectivity index (χ1) is 11.3. The van der Waals surface area contributed by atoms with Gasteiger partial charge in [0.2, 0.25) is 15.9 Å². The number of nitrogens with one attached hydrogen (secondary N) is 1. The molecule has 0 saturated carbocycles. The van der Waals surface area contributed by atoms with E-state index in [1.165, 1.54) is 18.5 Å². The number of hydrogen-bond donors (Lipinski definition) is 1. The maximum atomic E-state index is 13.1. The number of amides is 1. The number of anilines is 1. The van der Waals surface area contributed by atoms with Gasteiger partial charge in [-0.2, -0.15) is 4.31 Å². The molecular formula is C15H15F2N3O3S. The van der Waals surface area contributed by atoms with Gasteiger partial charge in [-0.15, -0.1) is 0 Å². The fourth-order valence-electron chi connectivity index (χ4n) is 1.92. The van der Waals surface area contributed by atoms with Crippen LogP contribution in [-0.2, 0) is 21.4 Å². The standard InChI is InChI=1S/C15H15F2N3O3S/c1-24(22,23)20(9-11-4-6-18-7-5-11)10-15(21)19-12-2-3-13(16)14(17)8-12/h2-8H,9-10H2,1H3,(H,19,21). The SMILES string of the molecule is CS(=O)(=O)N(CC(=O)Nc1ccc(F)c(F)c1)Cc1ccncc1. The minimum atomic E-state index is -3.65. The quantitative estimate of drug-likeness (QED) is 0.856. The zero-order chi connectivity index (χ0) is 17.7. The van der Waals surface area contributed by atoms with Gasteiger partial charge in [-0.25, -0.2) is 17.2 Å². The third kappa shape index (κ3) is 5.07. The second-order valence-corrected chi connectivity index (χ2v) is 7.05. The Labute approximate surface area is 138 Å². The Bertz CT molecular complexity index is 829. The molecule has 0 spiro atoms. The highest BCUT2D eigenvalue weighted by molar-refractivity contribution is 7.88. The highest BCUT2D eigenvalue weighted by atomic mass is 32.2. The van der Waals surface area contributed by atoms with Gasteiger partial charge < -0.3 is 5.32 Å². The van der Waals surface area contributed by atoms with Crippen LogP contribution in [0.15, 0.2) is 42.7 Å². The summed E-state index contributed by atoms with van der Waals surface area (Å²) in [6.45, 7) is -0.466. The molecule has 1 aromatic heterocycles. The van der Waals surface area contributed by atoms with Crippen LogP contribution in [0.2, 0.25) is 0 Å². The molecule has 2 aromatic rings. The van der Waals surface area contributed by atoms with Crippen molar-refractivity contribution in [1.82, 2.24) is 9.29 Å². The van der Waals surface area contributed by atoms with Gasteiger partial charge in [0.1, 0.15) is 0 Å². The summed E-state index contributed by atoms with van der Waals surface area (Å²) in [7, 11) is -3.65. The first-order valence-corrected chi connectivity index (χ1v) is 8.69. The highest BCUT2D eigenvalue weighted by Crippen LogP contribution is 2.14. The maximum Gasteiger partial charge on any atom is 0.239 e. The number of aromatic nitrogens is 1. The molecule has 0 radical (unpaired) electrons. The van der Waals surface area contributed by atoms with E-state index in [4.69, 9.17) is 0 Å². The van der Waals surface area contributed by atoms with E-state index in [0.717, 1.165) is 22.7 Å². The molecule has 1 aromatic carbocycles. The van der Waals surface area contributed by atoms with Gasteiger partial charge in [0.15, 0.2) is 11.6 Å². The molecular weight excluding hydrogens is 340 g/mol. The van der Waals surface area contributed by atoms with Crippen molar-refractivity contribution in [3.8, 4) is 0 Å². The van der Waals surface area contributed by atoms with Crippen LogP contribution in [0.25, 0.3) is 0 Å². The van der Waals surface area contributed by atoms with Crippen LogP contribution in [0, 0.1) is 11.6 Å². The Morgan fingerprint density at radius 3 is 2.42 bits per heavy atom. The molecule has 1 heterocycles.